The molecule has 2 aromatic carbocycles. The number of rotatable bonds is 8. The summed E-state index contributed by atoms with van der Waals surface area (Å²) in [6.45, 7) is 4.46. The lowest BCUT2D eigenvalue weighted by Gasteiger charge is -2.12. The Morgan fingerprint density at radius 3 is 2.08 bits per heavy atom. The van der Waals surface area contributed by atoms with Crippen LogP contribution in [0.3, 0.4) is 0 Å². The van der Waals surface area contributed by atoms with E-state index >= 15 is 0 Å². The SMILES string of the molecule is CCCCCc1cc2oc3ccccc3c(=O)c2cc1CCCCC. The fourth-order valence-electron chi connectivity index (χ4n) is 3.53. The van der Waals surface area contributed by atoms with E-state index < -0.39 is 0 Å². The van der Waals surface area contributed by atoms with Crippen molar-refractivity contribution in [2.45, 2.75) is 65.2 Å². The summed E-state index contributed by atoms with van der Waals surface area (Å²) in [6.07, 6.45) is 9.42. The fourth-order valence-corrected chi connectivity index (χ4v) is 3.53. The number of fused-ring (bicyclic) bond motifs is 2. The molecule has 25 heavy (non-hydrogen) atoms. The van der Waals surface area contributed by atoms with Crippen LogP contribution < -0.4 is 5.43 Å². The monoisotopic (exact) mass is 336 g/mol. The number of benzene rings is 2. The van der Waals surface area contributed by atoms with Crippen LogP contribution in [0.15, 0.2) is 45.6 Å². The Morgan fingerprint density at radius 2 is 1.40 bits per heavy atom. The molecule has 1 heterocycles. The number of para-hydroxylation sites is 1. The molecular weight excluding hydrogens is 308 g/mol. The third-order valence-corrected chi connectivity index (χ3v) is 5.00. The first-order valence-corrected chi connectivity index (χ1v) is 9.72. The maximum atomic E-state index is 12.9. The zero-order valence-corrected chi connectivity index (χ0v) is 15.4. The van der Waals surface area contributed by atoms with Gasteiger partial charge in [-0.1, -0.05) is 51.7 Å². The average Bonchev–Trinajstić information content (AvgIpc) is 2.63. The Bertz CT molecular complexity index is 905. The Balaban J connectivity index is 2.08. The summed E-state index contributed by atoms with van der Waals surface area (Å²) in [5, 5.41) is 1.40. The van der Waals surface area contributed by atoms with Gasteiger partial charge in [0.1, 0.15) is 11.2 Å². The van der Waals surface area contributed by atoms with Crippen molar-refractivity contribution < 1.29 is 4.42 Å². The van der Waals surface area contributed by atoms with Gasteiger partial charge in [0.25, 0.3) is 0 Å². The van der Waals surface area contributed by atoms with E-state index in [-0.39, 0.29) is 5.43 Å². The highest BCUT2D eigenvalue weighted by Gasteiger charge is 2.12. The number of hydrogen-bond acceptors (Lipinski definition) is 2. The molecule has 0 aliphatic rings. The van der Waals surface area contributed by atoms with E-state index in [1.807, 2.05) is 24.3 Å². The summed E-state index contributed by atoms with van der Waals surface area (Å²) in [5.74, 6) is 0. The number of aryl methyl sites for hydroxylation is 2. The van der Waals surface area contributed by atoms with Gasteiger partial charge in [0.2, 0.25) is 5.43 Å². The molecule has 0 saturated heterocycles. The van der Waals surface area contributed by atoms with Crippen LogP contribution in [0, 0.1) is 0 Å². The van der Waals surface area contributed by atoms with Crippen molar-refractivity contribution in [3.8, 4) is 0 Å². The normalized spacial score (nSPS) is 11.4. The van der Waals surface area contributed by atoms with E-state index in [9.17, 15) is 4.79 Å². The fraction of sp³-hybridized carbons (Fsp3) is 0.435. The molecule has 0 aliphatic carbocycles. The van der Waals surface area contributed by atoms with Crippen LogP contribution in [0.2, 0.25) is 0 Å². The van der Waals surface area contributed by atoms with Crippen LogP contribution in [-0.4, -0.2) is 0 Å². The molecule has 0 saturated carbocycles. The smallest absolute Gasteiger partial charge is 0.200 e. The van der Waals surface area contributed by atoms with Crippen molar-refractivity contribution in [3.63, 3.8) is 0 Å². The zero-order chi connectivity index (χ0) is 17.6. The highest BCUT2D eigenvalue weighted by molar-refractivity contribution is 5.90. The molecule has 132 valence electrons. The third kappa shape index (κ3) is 3.95. The quantitative estimate of drug-likeness (QED) is 0.351. The number of hydrogen-bond donors (Lipinski definition) is 0. The van der Waals surface area contributed by atoms with Gasteiger partial charge in [-0.25, -0.2) is 0 Å². The van der Waals surface area contributed by atoms with Crippen molar-refractivity contribution in [1.82, 2.24) is 0 Å². The predicted molar refractivity (Wildman–Crippen MR) is 106 cm³/mol. The van der Waals surface area contributed by atoms with Crippen LogP contribution in [0.1, 0.15) is 63.5 Å². The predicted octanol–water partition coefficient (Wildman–Crippen LogP) is 6.41. The summed E-state index contributed by atoms with van der Waals surface area (Å²) in [6, 6.07) is 11.8. The standard InChI is InChI=1S/C23H28O2/c1-3-5-7-11-17-15-20-22(16-18(17)12-8-6-4-2)25-21-14-10-9-13-19(21)23(20)24/h9-10,13-16H,3-8,11-12H2,1-2H3. The van der Waals surface area contributed by atoms with E-state index in [0.717, 1.165) is 23.8 Å². The highest BCUT2D eigenvalue weighted by Crippen LogP contribution is 2.25. The molecule has 0 bridgehead atoms. The Labute approximate surface area is 149 Å². The summed E-state index contributed by atoms with van der Waals surface area (Å²) >= 11 is 0. The molecule has 0 radical (unpaired) electrons. The second-order valence-corrected chi connectivity index (χ2v) is 6.96. The van der Waals surface area contributed by atoms with E-state index in [1.54, 1.807) is 0 Å². The maximum Gasteiger partial charge on any atom is 0.200 e. The van der Waals surface area contributed by atoms with Gasteiger partial charge in [0.05, 0.1) is 10.8 Å². The lowest BCUT2D eigenvalue weighted by Crippen LogP contribution is -2.05. The average molecular weight is 336 g/mol. The summed E-state index contributed by atoms with van der Waals surface area (Å²) in [5.41, 5.74) is 4.19. The minimum atomic E-state index is 0.0914. The second-order valence-electron chi connectivity index (χ2n) is 6.96. The minimum Gasteiger partial charge on any atom is -0.456 e. The van der Waals surface area contributed by atoms with Crippen molar-refractivity contribution in [2.24, 2.45) is 0 Å². The largest absolute Gasteiger partial charge is 0.456 e. The summed E-state index contributed by atoms with van der Waals surface area (Å²) < 4.78 is 6.05. The van der Waals surface area contributed by atoms with E-state index in [4.69, 9.17) is 4.42 Å². The van der Waals surface area contributed by atoms with Crippen LogP contribution in [0.4, 0.5) is 0 Å². The van der Waals surface area contributed by atoms with Gasteiger partial charge in [-0.3, -0.25) is 4.79 Å². The lowest BCUT2D eigenvalue weighted by atomic mass is 9.95. The van der Waals surface area contributed by atoms with Crippen LogP contribution in [0.25, 0.3) is 21.9 Å². The third-order valence-electron chi connectivity index (χ3n) is 5.00. The molecular formula is C23H28O2. The van der Waals surface area contributed by atoms with Gasteiger partial charge < -0.3 is 4.42 Å². The molecule has 3 rings (SSSR count). The second kappa shape index (κ2) is 8.33. The van der Waals surface area contributed by atoms with Gasteiger partial charge in [-0.05, 0) is 61.1 Å². The molecule has 0 spiro atoms. The highest BCUT2D eigenvalue weighted by atomic mass is 16.3. The summed E-state index contributed by atoms with van der Waals surface area (Å²) in [4.78, 5) is 12.9. The van der Waals surface area contributed by atoms with Gasteiger partial charge in [-0.2, -0.15) is 0 Å². The van der Waals surface area contributed by atoms with Gasteiger partial charge in [-0.15, -0.1) is 0 Å². The van der Waals surface area contributed by atoms with Crippen LogP contribution in [0.5, 0.6) is 0 Å². The van der Waals surface area contributed by atoms with Crippen molar-refractivity contribution in [3.05, 3.63) is 57.7 Å². The Kier molecular flexibility index (Phi) is 5.91. The van der Waals surface area contributed by atoms with E-state index in [1.165, 1.54) is 49.7 Å². The molecule has 3 aromatic rings. The van der Waals surface area contributed by atoms with Gasteiger partial charge in [0, 0.05) is 0 Å². The molecule has 0 unspecified atom stereocenters. The summed E-state index contributed by atoms with van der Waals surface area (Å²) in [7, 11) is 0. The molecule has 0 N–H and O–H groups in total. The first kappa shape index (κ1) is 17.7. The molecule has 0 atom stereocenters. The molecule has 0 aliphatic heterocycles. The molecule has 0 amide bonds. The topological polar surface area (TPSA) is 30.2 Å². The minimum absolute atomic E-state index is 0.0914. The number of unbranched alkanes of at least 4 members (excludes halogenated alkanes) is 4. The first-order valence-electron chi connectivity index (χ1n) is 9.72. The van der Waals surface area contributed by atoms with Crippen molar-refractivity contribution in [1.29, 1.82) is 0 Å². The molecule has 2 nitrogen and oxygen atoms in total. The van der Waals surface area contributed by atoms with Crippen molar-refractivity contribution >= 4 is 21.9 Å². The van der Waals surface area contributed by atoms with Crippen LogP contribution >= 0.6 is 0 Å². The van der Waals surface area contributed by atoms with E-state index in [0.29, 0.717) is 11.0 Å². The van der Waals surface area contributed by atoms with E-state index in [2.05, 4.69) is 26.0 Å². The Morgan fingerprint density at radius 1 is 0.760 bits per heavy atom. The van der Waals surface area contributed by atoms with Gasteiger partial charge >= 0.3 is 0 Å². The first-order chi connectivity index (χ1) is 12.2. The van der Waals surface area contributed by atoms with Crippen LogP contribution in [-0.2, 0) is 12.8 Å². The zero-order valence-electron chi connectivity index (χ0n) is 15.4. The lowest BCUT2D eigenvalue weighted by molar-refractivity contribution is 0.655. The van der Waals surface area contributed by atoms with Gasteiger partial charge in [0.15, 0.2) is 0 Å². The van der Waals surface area contributed by atoms with Crippen molar-refractivity contribution in [2.75, 3.05) is 0 Å². The Hall–Kier alpha value is -2.09. The maximum absolute atomic E-state index is 12.9. The molecule has 2 heteroatoms. The molecule has 0 fully saturated rings. The molecule has 1 aromatic heterocycles.